The summed E-state index contributed by atoms with van der Waals surface area (Å²) in [5, 5.41) is 4.67. The number of hydrogen-bond donors (Lipinski definition) is 1. The van der Waals surface area contributed by atoms with Gasteiger partial charge in [-0.2, -0.15) is 0 Å². The Morgan fingerprint density at radius 3 is 2.56 bits per heavy atom. The number of rotatable bonds is 5. The first kappa shape index (κ1) is 23.9. The monoisotopic (exact) mass is 593 g/mol. The van der Waals surface area contributed by atoms with Crippen molar-refractivity contribution >= 4 is 84.0 Å². The minimum atomic E-state index is -0.290. The van der Waals surface area contributed by atoms with Gasteiger partial charge in [-0.15, -0.1) is 11.3 Å². The van der Waals surface area contributed by atoms with Crippen molar-refractivity contribution in [2.24, 2.45) is 0 Å². The molecule has 5 rings (SSSR count). The Hall–Kier alpha value is -1.84. The van der Waals surface area contributed by atoms with Gasteiger partial charge in [0.25, 0.3) is 5.56 Å². The van der Waals surface area contributed by atoms with Crippen LogP contribution in [0.2, 0.25) is 10.0 Å². The maximum Gasteiger partial charge on any atom is 0.267 e. The van der Waals surface area contributed by atoms with Crippen LogP contribution >= 0.6 is 62.2 Å². The fraction of sp³-hybridized carbons (Fsp3) is 0.208. The number of nitrogens with one attached hydrogen (secondary N) is 1. The largest absolute Gasteiger partial charge is 0.323 e. The number of benzene rings is 2. The Morgan fingerprint density at radius 2 is 1.82 bits per heavy atom. The highest BCUT2D eigenvalue weighted by Gasteiger charge is 2.23. The highest BCUT2D eigenvalue weighted by atomic mass is 79.9. The molecule has 0 bridgehead atoms. The molecule has 0 aliphatic heterocycles. The van der Waals surface area contributed by atoms with Crippen molar-refractivity contribution in [3.05, 3.63) is 77.8 Å². The zero-order valence-corrected chi connectivity index (χ0v) is 22.5. The fourth-order valence-corrected chi connectivity index (χ4v) is 6.90. The van der Waals surface area contributed by atoms with E-state index in [9.17, 15) is 9.59 Å². The van der Waals surface area contributed by atoms with E-state index < -0.39 is 0 Å². The summed E-state index contributed by atoms with van der Waals surface area (Å²) in [5.74, 6) is -0.247. The van der Waals surface area contributed by atoms with Gasteiger partial charge in [-0.25, -0.2) is 4.98 Å². The van der Waals surface area contributed by atoms with E-state index in [1.165, 1.54) is 16.6 Å². The van der Waals surface area contributed by atoms with Gasteiger partial charge >= 0.3 is 0 Å². The summed E-state index contributed by atoms with van der Waals surface area (Å²) < 4.78 is 2.52. The average Bonchev–Trinajstić information content (AvgIpc) is 3.20. The lowest BCUT2D eigenvalue weighted by molar-refractivity contribution is -0.113. The summed E-state index contributed by atoms with van der Waals surface area (Å²) in [4.78, 5) is 33.3. The Labute approximate surface area is 222 Å². The first-order valence-electron chi connectivity index (χ1n) is 10.6. The van der Waals surface area contributed by atoms with Gasteiger partial charge in [-0.05, 0) is 67.6 Å². The molecule has 1 N–H and O–H groups in total. The van der Waals surface area contributed by atoms with E-state index in [4.69, 9.17) is 28.2 Å². The first-order valence-corrected chi connectivity index (χ1v) is 14.0. The second kappa shape index (κ2) is 10.0. The number of aryl methyl sites for hydroxylation is 2. The van der Waals surface area contributed by atoms with Crippen molar-refractivity contribution in [2.75, 3.05) is 11.1 Å². The van der Waals surface area contributed by atoms with Crippen molar-refractivity contribution in [2.45, 2.75) is 30.8 Å². The van der Waals surface area contributed by atoms with Crippen molar-refractivity contribution in [1.82, 2.24) is 9.55 Å². The number of thiophene rings is 1. The van der Waals surface area contributed by atoms with Crippen LogP contribution in [0.5, 0.6) is 0 Å². The average molecular weight is 595 g/mol. The van der Waals surface area contributed by atoms with Gasteiger partial charge in [-0.1, -0.05) is 57.0 Å². The second-order valence-corrected chi connectivity index (χ2v) is 11.6. The predicted octanol–water partition coefficient (Wildman–Crippen LogP) is 7.13. The Bertz CT molecular complexity index is 1450. The smallest absolute Gasteiger partial charge is 0.267 e. The summed E-state index contributed by atoms with van der Waals surface area (Å²) in [6.07, 6.45) is 4.10. The summed E-state index contributed by atoms with van der Waals surface area (Å²) in [5.41, 5.74) is 2.12. The van der Waals surface area contributed by atoms with Crippen LogP contribution in [0.15, 0.2) is 56.9 Å². The number of carbonyl (C=O) groups is 1. The number of halogens is 3. The molecule has 10 heteroatoms. The molecule has 1 aliphatic rings. The summed E-state index contributed by atoms with van der Waals surface area (Å²) >= 11 is 18.6. The molecule has 0 radical (unpaired) electrons. The SMILES string of the molecule is O=C(CSc1nc2sc3c(c2c(=O)n1-c1ccc(Br)cc1)CCCC3)Nc1c(Cl)cccc1Cl. The number of aromatic nitrogens is 2. The van der Waals surface area contributed by atoms with Gasteiger partial charge < -0.3 is 5.32 Å². The molecular weight excluding hydrogens is 577 g/mol. The lowest BCUT2D eigenvalue weighted by Gasteiger charge is -2.14. The summed E-state index contributed by atoms with van der Waals surface area (Å²) in [6, 6.07) is 12.5. The molecule has 1 aliphatic carbocycles. The Kier molecular flexibility index (Phi) is 7.04. The van der Waals surface area contributed by atoms with Crippen molar-refractivity contribution in [3.63, 3.8) is 0 Å². The highest BCUT2D eigenvalue weighted by molar-refractivity contribution is 9.10. The molecule has 34 heavy (non-hydrogen) atoms. The molecule has 0 atom stereocenters. The van der Waals surface area contributed by atoms with Crippen LogP contribution in [0, 0.1) is 0 Å². The molecule has 0 spiro atoms. The van der Waals surface area contributed by atoms with E-state index in [-0.39, 0.29) is 17.2 Å². The Morgan fingerprint density at radius 1 is 1.12 bits per heavy atom. The molecule has 4 aromatic rings. The third-order valence-electron chi connectivity index (χ3n) is 5.60. The molecule has 2 heterocycles. The van der Waals surface area contributed by atoms with Crippen LogP contribution in [-0.4, -0.2) is 21.2 Å². The molecule has 0 unspecified atom stereocenters. The number of amides is 1. The van der Waals surface area contributed by atoms with Crippen LogP contribution in [0.25, 0.3) is 15.9 Å². The zero-order chi connectivity index (χ0) is 23.8. The number of thioether (sulfide) groups is 1. The van der Waals surface area contributed by atoms with E-state index in [0.717, 1.165) is 40.5 Å². The predicted molar refractivity (Wildman–Crippen MR) is 145 cm³/mol. The second-order valence-electron chi connectivity index (χ2n) is 7.84. The first-order chi connectivity index (χ1) is 16.4. The zero-order valence-electron chi connectivity index (χ0n) is 17.7. The normalized spacial score (nSPS) is 13.1. The molecule has 2 aromatic heterocycles. The molecular formula is C24H18BrCl2N3O2S2. The van der Waals surface area contributed by atoms with Gasteiger partial charge in [0.2, 0.25) is 5.91 Å². The van der Waals surface area contributed by atoms with Crippen LogP contribution in [-0.2, 0) is 17.6 Å². The van der Waals surface area contributed by atoms with Gasteiger partial charge in [0.05, 0.1) is 32.6 Å². The highest BCUT2D eigenvalue weighted by Crippen LogP contribution is 2.35. The number of hydrogen-bond acceptors (Lipinski definition) is 5. The van der Waals surface area contributed by atoms with E-state index in [1.54, 1.807) is 34.1 Å². The summed E-state index contributed by atoms with van der Waals surface area (Å²) in [6.45, 7) is 0. The Balaban J connectivity index is 1.53. The number of anilines is 1. The van der Waals surface area contributed by atoms with Crippen molar-refractivity contribution in [1.29, 1.82) is 0 Å². The van der Waals surface area contributed by atoms with Gasteiger partial charge in [0.15, 0.2) is 5.16 Å². The van der Waals surface area contributed by atoms with Crippen molar-refractivity contribution < 1.29 is 4.79 Å². The lowest BCUT2D eigenvalue weighted by Crippen LogP contribution is -2.23. The van der Waals surface area contributed by atoms with Crippen LogP contribution in [0.3, 0.4) is 0 Å². The topological polar surface area (TPSA) is 64.0 Å². The molecule has 0 saturated carbocycles. The van der Waals surface area contributed by atoms with Crippen LogP contribution in [0.4, 0.5) is 5.69 Å². The van der Waals surface area contributed by atoms with E-state index in [1.807, 2.05) is 24.3 Å². The molecule has 2 aromatic carbocycles. The number of carbonyl (C=O) groups excluding carboxylic acids is 1. The van der Waals surface area contributed by atoms with E-state index in [0.29, 0.717) is 32.0 Å². The molecule has 0 saturated heterocycles. The van der Waals surface area contributed by atoms with Gasteiger partial charge in [0.1, 0.15) is 4.83 Å². The minimum Gasteiger partial charge on any atom is -0.323 e. The van der Waals surface area contributed by atoms with Crippen LogP contribution in [0.1, 0.15) is 23.3 Å². The fourth-order valence-electron chi connectivity index (χ4n) is 4.02. The summed E-state index contributed by atoms with van der Waals surface area (Å²) in [7, 11) is 0. The van der Waals surface area contributed by atoms with E-state index in [2.05, 4.69) is 21.2 Å². The standard InChI is InChI=1S/C24H18BrCl2N3O2S2/c25-13-8-10-14(11-9-13)30-23(32)20-15-4-1-2-7-18(15)34-22(20)29-24(30)33-12-19(31)28-21-16(26)5-3-6-17(21)27/h3,5-6,8-11H,1-2,4,7,12H2,(H,28,31). The molecule has 174 valence electrons. The number of nitrogens with zero attached hydrogens (tertiary/aromatic N) is 2. The number of fused-ring (bicyclic) bond motifs is 3. The molecule has 5 nitrogen and oxygen atoms in total. The lowest BCUT2D eigenvalue weighted by atomic mass is 9.97. The maximum atomic E-state index is 13.8. The maximum absolute atomic E-state index is 13.8. The third-order valence-corrected chi connectivity index (χ3v) is 8.89. The van der Waals surface area contributed by atoms with Gasteiger partial charge in [-0.3, -0.25) is 14.2 Å². The quantitative estimate of drug-likeness (QED) is 0.197. The van der Waals surface area contributed by atoms with Gasteiger partial charge in [0, 0.05) is 9.35 Å². The number of para-hydroxylation sites is 1. The van der Waals surface area contributed by atoms with Crippen LogP contribution < -0.4 is 10.9 Å². The van der Waals surface area contributed by atoms with Crippen molar-refractivity contribution in [3.8, 4) is 5.69 Å². The molecule has 0 fully saturated rings. The molecule has 1 amide bonds. The van der Waals surface area contributed by atoms with E-state index >= 15 is 0 Å². The minimum absolute atomic E-state index is 0.0428. The third kappa shape index (κ3) is 4.66.